The normalized spacial score (nSPS) is 21.4. The molecule has 7 nitrogen and oxygen atoms in total. The zero-order chi connectivity index (χ0) is 23.0. The molecule has 1 amide bonds. The molecule has 32 heavy (non-hydrogen) atoms. The van der Waals surface area contributed by atoms with Crippen LogP contribution in [-0.4, -0.2) is 44.1 Å². The lowest BCUT2D eigenvalue weighted by Crippen LogP contribution is -2.52. The van der Waals surface area contributed by atoms with Gasteiger partial charge in [-0.1, -0.05) is 23.3 Å². The lowest BCUT2D eigenvalue weighted by molar-refractivity contribution is -0.120. The van der Waals surface area contributed by atoms with Crippen LogP contribution in [0.15, 0.2) is 64.6 Å². The molecule has 8 heteroatoms. The summed E-state index contributed by atoms with van der Waals surface area (Å²) in [5.74, 6) is 0.0583. The number of hydrogen-bond donors (Lipinski definition) is 1. The van der Waals surface area contributed by atoms with Crippen molar-refractivity contribution in [1.29, 1.82) is 0 Å². The second-order valence-corrected chi connectivity index (χ2v) is 10.2. The van der Waals surface area contributed by atoms with E-state index in [0.717, 1.165) is 11.1 Å². The maximum Gasteiger partial charge on any atom is 0.243 e. The van der Waals surface area contributed by atoms with E-state index < -0.39 is 22.0 Å². The van der Waals surface area contributed by atoms with E-state index in [2.05, 4.69) is 5.32 Å². The Morgan fingerprint density at radius 1 is 1.03 bits per heavy atom. The van der Waals surface area contributed by atoms with Gasteiger partial charge in [0.1, 0.15) is 11.8 Å². The van der Waals surface area contributed by atoms with Crippen molar-refractivity contribution < 1.29 is 22.7 Å². The van der Waals surface area contributed by atoms with Crippen molar-refractivity contribution in [3.8, 4) is 5.75 Å². The average Bonchev–Trinajstić information content (AvgIpc) is 3.06. The largest absolute Gasteiger partial charge is 0.497 e. The van der Waals surface area contributed by atoms with Crippen molar-refractivity contribution in [3.05, 3.63) is 65.2 Å². The first-order valence-electron chi connectivity index (χ1n) is 10.5. The quantitative estimate of drug-likeness (QED) is 0.748. The SMILES string of the molecule is COc1ccc(NC(=O)[C@@H]2CC3=C(C)C(=O)C[C@H]3CN2S(=O)(=O)c2ccc(C)cc2)cc1. The van der Waals surface area contributed by atoms with Gasteiger partial charge in [0.2, 0.25) is 15.9 Å². The number of sulfonamides is 1. The molecule has 1 fully saturated rings. The van der Waals surface area contributed by atoms with E-state index in [9.17, 15) is 18.0 Å². The van der Waals surface area contributed by atoms with Gasteiger partial charge in [-0.25, -0.2) is 8.42 Å². The van der Waals surface area contributed by atoms with Crippen LogP contribution in [0.25, 0.3) is 0 Å². The molecule has 0 aromatic heterocycles. The molecule has 0 saturated carbocycles. The number of allylic oxidation sites excluding steroid dienone is 1. The molecule has 0 bridgehead atoms. The number of nitrogens with one attached hydrogen (secondary N) is 1. The van der Waals surface area contributed by atoms with Crippen molar-refractivity contribution in [2.45, 2.75) is 37.6 Å². The maximum atomic E-state index is 13.5. The lowest BCUT2D eigenvalue weighted by atomic mass is 9.89. The fourth-order valence-electron chi connectivity index (χ4n) is 4.37. The fourth-order valence-corrected chi connectivity index (χ4v) is 6.00. The van der Waals surface area contributed by atoms with Gasteiger partial charge in [0.25, 0.3) is 0 Å². The zero-order valence-corrected chi connectivity index (χ0v) is 19.1. The van der Waals surface area contributed by atoms with Gasteiger partial charge in [0, 0.05) is 24.6 Å². The summed E-state index contributed by atoms with van der Waals surface area (Å²) < 4.78 is 33.5. The highest BCUT2D eigenvalue weighted by Crippen LogP contribution is 2.40. The molecule has 0 spiro atoms. The Balaban J connectivity index is 1.68. The molecule has 1 heterocycles. The molecule has 168 valence electrons. The maximum absolute atomic E-state index is 13.5. The average molecular weight is 455 g/mol. The van der Waals surface area contributed by atoms with Crippen LogP contribution in [0.2, 0.25) is 0 Å². The summed E-state index contributed by atoms with van der Waals surface area (Å²) in [6, 6.07) is 12.5. The van der Waals surface area contributed by atoms with E-state index in [4.69, 9.17) is 4.74 Å². The molecule has 4 rings (SSSR count). The van der Waals surface area contributed by atoms with Crippen molar-refractivity contribution >= 4 is 27.4 Å². The molecule has 2 aromatic rings. The summed E-state index contributed by atoms with van der Waals surface area (Å²) in [5, 5.41) is 2.82. The molecule has 1 N–H and O–H groups in total. The summed E-state index contributed by atoms with van der Waals surface area (Å²) in [6.07, 6.45) is 0.489. The van der Waals surface area contributed by atoms with Gasteiger partial charge in [-0.2, -0.15) is 4.31 Å². The third-order valence-corrected chi connectivity index (χ3v) is 8.16. The first-order chi connectivity index (χ1) is 15.2. The minimum atomic E-state index is -3.93. The third kappa shape index (κ3) is 4.08. The summed E-state index contributed by atoms with van der Waals surface area (Å²) >= 11 is 0. The fraction of sp³-hybridized carbons (Fsp3) is 0.333. The van der Waals surface area contributed by atoms with Gasteiger partial charge in [0.05, 0.1) is 12.0 Å². The Hall–Kier alpha value is -2.97. The molecule has 1 saturated heterocycles. The van der Waals surface area contributed by atoms with Crippen molar-refractivity contribution in [3.63, 3.8) is 0 Å². The van der Waals surface area contributed by atoms with E-state index in [1.54, 1.807) is 62.6 Å². The number of piperidine rings is 1. The number of carbonyl (C=O) groups is 2. The van der Waals surface area contributed by atoms with Crippen molar-refractivity contribution in [2.75, 3.05) is 19.0 Å². The Morgan fingerprint density at radius 2 is 1.69 bits per heavy atom. The van der Waals surface area contributed by atoms with Gasteiger partial charge in [-0.3, -0.25) is 9.59 Å². The number of fused-ring (bicyclic) bond motifs is 1. The van der Waals surface area contributed by atoms with E-state index >= 15 is 0 Å². The Morgan fingerprint density at radius 3 is 2.31 bits per heavy atom. The monoisotopic (exact) mass is 454 g/mol. The number of methoxy groups -OCH3 is 1. The number of ketones is 1. The number of anilines is 1. The zero-order valence-electron chi connectivity index (χ0n) is 18.3. The van der Waals surface area contributed by atoms with Gasteiger partial charge in [-0.05, 0) is 62.2 Å². The van der Waals surface area contributed by atoms with Crippen LogP contribution in [-0.2, 0) is 19.6 Å². The smallest absolute Gasteiger partial charge is 0.243 e. The van der Waals surface area contributed by atoms with Crippen LogP contribution in [0.4, 0.5) is 5.69 Å². The van der Waals surface area contributed by atoms with E-state index in [1.807, 2.05) is 6.92 Å². The van der Waals surface area contributed by atoms with E-state index in [0.29, 0.717) is 17.0 Å². The van der Waals surface area contributed by atoms with Gasteiger partial charge >= 0.3 is 0 Å². The van der Waals surface area contributed by atoms with Crippen LogP contribution in [0.1, 0.15) is 25.3 Å². The summed E-state index contributed by atoms with van der Waals surface area (Å²) in [7, 11) is -2.38. The van der Waals surface area contributed by atoms with Crippen LogP contribution in [0, 0.1) is 12.8 Å². The van der Waals surface area contributed by atoms with Crippen molar-refractivity contribution in [2.24, 2.45) is 5.92 Å². The predicted octanol–water partition coefficient (Wildman–Crippen LogP) is 3.31. The molecular weight excluding hydrogens is 428 g/mol. The molecular formula is C24H26N2O5S. The first-order valence-corrected chi connectivity index (χ1v) is 11.9. The summed E-state index contributed by atoms with van der Waals surface area (Å²) in [5.41, 5.74) is 3.03. The Labute approximate surface area is 188 Å². The highest BCUT2D eigenvalue weighted by molar-refractivity contribution is 7.89. The molecule has 1 aliphatic heterocycles. The molecule has 0 unspecified atom stereocenters. The van der Waals surface area contributed by atoms with E-state index in [-0.39, 0.29) is 36.0 Å². The van der Waals surface area contributed by atoms with Crippen LogP contribution >= 0.6 is 0 Å². The molecule has 2 atom stereocenters. The van der Waals surface area contributed by atoms with Crippen molar-refractivity contribution in [1.82, 2.24) is 4.31 Å². The number of hydrogen-bond acceptors (Lipinski definition) is 5. The highest BCUT2D eigenvalue weighted by Gasteiger charge is 2.46. The number of amides is 1. The molecule has 2 aromatic carbocycles. The lowest BCUT2D eigenvalue weighted by Gasteiger charge is -2.38. The number of benzene rings is 2. The third-order valence-electron chi connectivity index (χ3n) is 6.27. The summed E-state index contributed by atoms with van der Waals surface area (Å²) in [6.45, 7) is 3.75. The predicted molar refractivity (Wildman–Crippen MR) is 121 cm³/mol. The number of ether oxygens (including phenoxy) is 1. The number of carbonyl (C=O) groups excluding carboxylic acids is 2. The second kappa shape index (κ2) is 8.52. The molecule has 2 aliphatic rings. The number of nitrogens with zero attached hydrogens (tertiary/aromatic N) is 1. The number of aryl methyl sites for hydroxylation is 1. The topological polar surface area (TPSA) is 92.8 Å². The Bertz CT molecular complexity index is 1180. The minimum Gasteiger partial charge on any atom is -0.497 e. The van der Waals surface area contributed by atoms with Gasteiger partial charge in [0.15, 0.2) is 5.78 Å². The number of rotatable bonds is 5. The number of Topliss-reactive ketones (excluding diaryl/α,β-unsaturated/α-hetero) is 1. The van der Waals surface area contributed by atoms with Crippen LogP contribution in [0.3, 0.4) is 0 Å². The van der Waals surface area contributed by atoms with E-state index in [1.165, 1.54) is 4.31 Å². The molecule has 1 aliphatic carbocycles. The van der Waals surface area contributed by atoms with Gasteiger partial charge < -0.3 is 10.1 Å². The highest BCUT2D eigenvalue weighted by atomic mass is 32.2. The molecule has 0 radical (unpaired) electrons. The Kier molecular flexibility index (Phi) is 5.92. The second-order valence-electron chi connectivity index (χ2n) is 8.30. The van der Waals surface area contributed by atoms with Gasteiger partial charge in [-0.15, -0.1) is 0 Å². The van der Waals surface area contributed by atoms with Crippen LogP contribution in [0.5, 0.6) is 5.75 Å². The minimum absolute atomic E-state index is 0.0221. The first kappa shape index (κ1) is 22.2. The van der Waals surface area contributed by atoms with Crippen LogP contribution < -0.4 is 10.1 Å². The standard InChI is InChI=1S/C24H26N2O5S/c1-15-4-10-20(11-5-15)32(29,30)26-14-17-12-23(27)16(2)21(17)13-22(26)24(28)25-18-6-8-19(31-3)9-7-18/h4-11,17,22H,12-14H2,1-3H3,(H,25,28)/t17-,22-/m0/s1. The summed E-state index contributed by atoms with van der Waals surface area (Å²) in [4.78, 5) is 25.7.